The molecule has 3 aromatic carbocycles. The van der Waals surface area contributed by atoms with Crippen molar-refractivity contribution in [3.63, 3.8) is 0 Å². The molecule has 0 aromatic heterocycles. The molecule has 0 radical (unpaired) electrons. The number of anilines is 1. The number of fused-ring (bicyclic) bond motifs is 1. The molecule has 3 aromatic rings. The van der Waals surface area contributed by atoms with Crippen LogP contribution in [0.25, 0.3) is 10.8 Å². The lowest BCUT2D eigenvalue weighted by atomic mass is 10.0. The third kappa shape index (κ3) is 3.27. The van der Waals surface area contributed by atoms with Crippen molar-refractivity contribution in [2.45, 2.75) is 6.92 Å². The maximum Gasteiger partial charge on any atom is 0.338 e. The number of carbonyl (C=O) groups excluding carboxylic acids is 2. The number of rotatable bonds is 4. The summed E-state index contributed by atoms with van der Waals surface area (Å²) in [4.78, 5) is 24.4. The Morgan fingerprint density at radius 3 is 2.54 bits per heavy atom. The second-order valence-corrected chi connectivity index (χ2v) is 5.28. The summed E-state index contributed by atoms with van der Waals surface area (Å²) in [6, 6.07) is 20.1. The molecule has 0 saturated carbocycles. The van der Waals surface area contributed by atoms with Gasteiger partial charge in [-0.2, -0.15) is 0 Å². The Morgan fingerprint density at radius 1 is 0.958 bits per heavy atom. The van der Waals surface area contributed by atoms with Crippen LogP contribution in [0.2, 0.25) is 0 Å². The zero-order chi connectivity index (χ0) is 16.9. The van der Waals surface area contributed by atoms with Crippen LogP contribution in [-0.4, -0.2) is 18.5 Å². The fraction of sp³-hybridized carbons (Fsp3) is 0.100. The lowest BCUT2D eigenvalue weighted by Crippen LogP contribution is -2.13. The van der Waals surface area contributed by atoms with Crippen LogP contribution in [-0.2, 0) is 4.74 Å². The zero-order valence-electron chi connectivity index (χ0n) is 13.3. The van der Waals surface area contributed by atoms with Crippen LogP contribution < -0.4 is 5.32 Å². The van der Waals surface area contributed by atoms with E-state index < -0.39 is 5.97 Å². The number of benzene rings is 3. The molecule has 0 fully saturated rings. The fourth-order valence-corrected chi connectivity index (χ4v) is 2.56. The summed E-state index contributed by atoms with van der Waals surface area (Å²) in [5.74, 6) is -0.619. The number of hydrogen-bond acceptors (Lipinski definition) is 3. The van der Waals surface area contributed by atoms with Gasteiger partial charge in [-0.05, 0) is 42.0 Å². The predicted octanol–water partition coefficient (Wildman–Crippen LogP) is 4.27. The van der Waals surface area contributed by atoms with E-state index in [4.69, 9.17) is 4.74 Å². The molecule has 4 heteroatoms. The zero-order valence-corrected chi connectivity index (χ0v) is 13.3. The minimum atomic E-state index is -0.404. The molecule has 0 bridgehead atoms. The third-order valence-corrected chi connectivity index (χ3v) is 3.67. The van der Waals surface area contributed by atoms with Gasteiger partial charge in [0.25, 0.3) is 5.91 Å². The van der Waals surface area contributed by atoms with E-state index in [2.05, 4.69) is 5.32 Å². The Morgan fingerprint density at radius 2 is 1.71 bits per heavy atom. The van der Waals surface area contributed by atoms with Crippen molar-refractivity contribution in [2.24, 2.45) is 0 Å². The standard InChI is InChI=1S/C20H17NO3/c1-2-24-20(23)15-9-5-10-16(13-15)21-19(22)18-12-6-8-14-7-3-4-11-17(14)18/h3-13H,2H2,1H3,(H,21,22). The van der Waals surface area contributed by atoms with Crippen molar-refractivity contribution in [1.29, 1.82) is 0 Å². The van der Waals surface area contributed by atoms with Gasteiger partial charge in [0, 0.05) is 11.3 Å². The van der Waals surface area contributed by atoms with E-state index in [0.717, 1.165) is 10.8 Å². The summed E-state index contributed by atoms with van der Waals surface area (Å²) in [5.41, 5.74) is 1.56. The average Bonchev–Trinajstić information content (AvgIpc) is 2.61. The largest absolute Gasteiger partial charge is 0.462 e. The average molecular weight is 319 g/mol. The van der Waals surface area contributed by atoms with Gasteiger partial charge in [-0.25, -0.2) is 4.79 Å². The molecular formula is C20H17NO3. The highest BCUT2D eigenvalue weighted by Gasteiger charge is 2.12. The first-order chi connectivity index (χ1) is 11.7. The van der Waals surface area contributed by atoms with Gasteiger partial charge >= 0.3 is 5.97 Å². The Hall–Kier alpha value is -3.14. The van der Waals surface area contributed by atoms with E-state index in [1.807, 2.05) is 36.4 Å². The molecule has 120 valence electrons. The molecule has 24 heavy (non-hydrogen) atoms. The number of ether oxygens (including phenoxy) is 1. The van der Waals surface area contributed by atoms with Gasteiger partial charge in [-0.3, -0.25) is 4.79 Å². The van der Waals surface area contributed by atoms with Crippen LogP contribution in [0.15, 0.2) is 66.7 Å². The number of amides is 1. The summed E-state index contributed by atoms with van der Waals surface area (Å²) in [6.45, 7) is 2.06. The van der Waals surface area contributed by atoms with Gasteiger partial charge < -0.3 is 10.1 Å². The van der Waals surface area contributed by atoms with Crippen LogP contribution in [0.1, 0.15) is 27.6 Å². The second-order valence-electron chi connectivity index (χ2n) is 5.28. The molecule has 0 atom stereocenters. The van der Waals surface area contributed by atoms with Gasteiger partial charge in [-0.15, -0.1) is 0 Å². The van der Waals surface area contributed by atoms with Crippen LogP contribution in [0.4, 0.5) is 5.69 Å². The molecular weight excluding hydrogens is 302 g/mol. The highest BCUT2D eigenvalue weighted by Crippen LogP contribution is 2.20. The molecule has 0 heterocycles. The minimum Gasteiger partial charge on any atom is -0.462 e. The molecule has 0 spiro atoms. The fourth-order valence-electron chi connectivity index (χ4n) is 2.56. The van der Waals surface area contributed by atoms with E-state index in [1.54, 1.807) is 37.3 Å². The van der Waals surface area contributed by atoms with Crippen LogP contribution in [0.5, 0.6) is 0 Å². The van der Waals surface area contributed by atoms with Gasteiger partial charge in [0.2, 0.25) is 0 Å². The van der Waals surface area contributed by atoms with E-state index in [-0.39, 0.29) is 5.91 Å². The second kappa shape index (κ2) is 6.96. The summed E-state index contributed by atoms with van der Waals surface area (Å²) >= 11 is 0. The highest BCUT2D eigenvalue weighted by atomic mass is 16.5. The van der Waals surface area contributed by atoms with Crippen molar-refractivity contribution < 1.29 is 14.3 Å². The van der Waals surface area contributed by atoms with Crippen LogP contribution >= 0.6 is 0 Å². The Balaban J connectivity index is 1.87. The normalized spacial score (nSPS) is 10.4. The van der Waals surface area contributed by atoms with Gasteiger partial charge in [0.1, 0.15) is 0 Å². The van der Waals surface area contributed by atoms with Crippen molar-refractivity contribution in [3.8, 4) is 0 Å². The first-order valence-corrected chi connectivity index (χ1v) is 7.75. The maximum absolute atomic E-state index is 12.6. The molecule has 3 rings (SSSR count). The predicted molar refractivity (Wildman–Crippen MR) is 94.3 cm³/mol. The molecule has 1 N–H and O–H groups in total. The molecule has 0 saturated heterocycles. The van der Waals surface area contributed by atoms with Crippen LogP contribution in [0, 0.1) is 0 Å². The molecule has 0 aliphatic carbocycles. The van der Waals surface area contributed by atoms with Crippen molar-refractivity contribution in [1.82, 2.24) is 0 Å². The molecule has 4 nitrogen and oxygen atoms in total. The van der Waals surface area contributed by atoms with Crippen molar-refractivity contribution in [2.75, 3.05) is 11.9 Å². The Kier molecular flexibility index (Phi) is 4.57. The minimum absolute atomic E-state index is 0.215. The Labute approximate surface area is 140 Å². The third-order valence-electron chi connectivity index (χ3n) is 3.67. The molecule has 0 unspecified atom stereocenters. The summed E-state index contributed by atoms with van der Waals surface area (Å²) in [5, 5.41) is 4.73. The van der Waals surface area contributed by atoms with Gasteiger partial charge in [0.05, 0.1) is 12.2 Å². The van der Waals surface area contributed by atoms with E-state index >= 15 is 0 Å². The van der Waals surface area contributed by atoms with E-state index in [9.17, 15) is 9.59 Å². The smallest absolute Gasteiger partial charge is 0.338 e. The highest BCUT2D eigenvalue weighted by molar-refractivity contribution is 6.13. The summed E-state index contributed by atoms with van der Waals surface area (Å²) in [6.07, 6.45) is 0. The number of esters is 1. The van der Waals surface area contributed by atoms with Gasteiger partial charge in [0.15, 0.2) is 0 Å². The number of hydrogen-bond donors (Lipinski definition) is 1. The molecule has 0 aliphatic rings. The molecule has 0 aliphatic heterocycles. The van der Waals surface area contributed by atoms with Gasteiger partial charge in [-0.1, -0.05) is 42.5 Å². The van der Waals surface area contributed by atoms with E-state index in [0.29, 0.717) is 23.4 Å². The maximum atomic E-state index is 12.6. The van der Waals surface area contributed by atoms with Crippen LogP contribution in [0.3, 0.4) is 0 Å². The lowest BCUT2D eigenvalue weighted by molar-refractivity contribution is 0.0526. The number of carbonyl (C=O) groups is 2. The monoisotopic (exact) mass is 319 g/mol. The van der Waals surface area contributed by atoms with Crippen molar-refractivity contribution in [3.05, 3.63) is 77.9 Å². The van der Waals surface area contributed by atoms with E-state index in [1.165, 1.54) is 0 Å². The number of nitrogens with one attached hydrogen (secondary N) is 1. The Bertz CT molecular complexity index is 897. The quantitative estimate of drug-likeness (QED) is 0.731. The first kappa shape index (κ1) is 15.7. The summed E-state index contributed by atoms with van der Waals surface area (Å²) in [7, 11) is 0. The lowest BCUT2D eigenvalue weighted by Gasteiger charge is -2.09. The summed E-state index contributed by atoms with van der Waals surface area (Å²) < 4.78 is 4.98. The molecule has 1 amide bonds. The topological polar surface area (TPSA) is 55.4 Å². The first-order valence-electron chi connectivity index (χ1n) is 7.75. The SMILES string of the molecule is CCOC(=O)c1cccc(NC(=O)c2cccc3ccccc23)c1. The van der Waals surface area contributed by atoms with Crippen molar-refractivity contribution >= 4 is 28.3 Å².